The second kappa shape index (κ2) is 24.9. The number of nitrogens with one attached hydrogen (secondary N) is 2. The van der Waals surface area contributed by atoms with Crippen molar-refractivity contribution in [3.05, 3.63) is 147 Å². The van der Waals surface area contributed by atoms with Crippen molar-refractivity contribution in [2.75, 3.05) is 75.2 Å². The molecule has 2 aliphatic carbocycles. The Labute approximate surface area is 471 Å². The number of alkyl halides is 6. The summed E-state index contributed by atoms with van der Waals surface area (Å²) in [6.07, 6.45) is 6.55. The Balaban J connectivity index is 1.28. The third-order valence-corrected chi connectivity index (χ3v) is 13.9. The number of halogens is 6. The number of benzene rings is 4. The van der Waals surface area contributed by atoms with Gasteiger partial charge in [-0.05, 0) is 86.6 Å². The number of hydrogen-bond donors (Lipinski definition) is 2. The van der Waals surface area contributed by atoms with Crippen LogP contribution in [0, 0.1) is 5.92 Å². The maximum atomic E-state index is 13.7. The highest BCUT2D eigenvalue weighted by Gasteiger charge is 2.56. The number of rotatable bonds is 28. The van der Waals surface area contributed by atoms with E-state index in [0.717, 1.165) is 32.1 Å². The van der Waals surface area contributed by atoms with E-state index >= 15 is 0 Å². The summed E-state index contributed by atoms with van der Waals surface area (Å²) in [7, 11) is 5.64. The molecular formula is C57H57F6N9O11. The molecule has 0 aliphatic heterocycles. The topological polar surface area (TPSA) is 208 Å². The normalized spacial score (nSPS) is 15.0. The van der Waals surface area contributed by atoms with Gasteiger partial charge in [0.25, 0.3) is 0 Å². The Morgan fingerprint density at radius 1 is 0.542 bits per heavy atom. The number of anilines is 5. The van der Waals surface area contributed by atoms with E-state index in [1.54, 1.807) is 48.4 Å². The van der Waals surface area contributed by atoms with E-state index in [2.05, 4.69) is 35.6 Å². The molecule has 20 nitrogen and oxygen atoms in total. The second-order valence-electron chi connectivity index (χ2n) is 19.4. The molecule has 4 aromatic heterocycles. The van der Waals surface area contributed by atoms with Crippen LogP contribution in [0.2, 0.25) is 0 Å². The van der Waals surface area contributed by atoms with Gasteiger partial charge >= 0.3 is 12.4 Å². The van der Waals surface area contributed by atoms with Crippen molar-refractivity contribution in [2.24, 2.45) is 5.92 Å². The highest BCUT2D eigenvalue weighted by molar-refractivity contribution is 5.70. The fraction of sp³-hybridized carbons (Fsp3) is 0.351. The minimum absolute atomic E-state index is 0.0531. The number of ether oxygens (including phenoxy) is 8. The molecule has 83 heavy (non-hydrogen) atoms. The number of nitrogens with zero attached hydrogens (tertiary/aromatic N) is 7. The van der Waals surface area contributed by atoms with E-state index < -0.39 is 43.3 Å². The van der Waals surface area contributed by atoms with Crippen LogP contribution in [0.4, 0.5) is 54.8 Å². The summed E-state index contributed by atoms with van der Waals surface area (Å²) >= 11 is 0. The fourth-order valence-corrected chi connectivity index (χ4v) is 9.52. The van der Waals surface area contributed by atoms with Gasteiger partial charge in [-0.2, -0.15) is 26.3 Å². The lowest BCUT2D eigenvalue weighted by Crippen LogP contribution is -2.60. The molecule has 0 radical (unpaired) electrons. The third-order valence-electron chi connectivity index (χ3n) is 13.9. The third kappa shape index (κ3) is 13.4. The van der Waals surface area contributed by atoms with Crippen LogP contribution < -0.4 is 58.3 Å². The van der Waals surface area contributed by atoms with Crippen LogP contribution >= 0.6 is 0 Å². The Morgan fingerprint density at radius 3 is 1.69 bits per heavy atom. The predicted octanol–water partition coefficient (Wildman–Crippen LogP) is 12.3. The van der Waals surface area contributed by atoms with Gasteiger partial charge in [-0.25, -0.2) is 24.9 Å². The molecule has 2 aliphatic rings. The van der Waals surface area contributed by atoms with Gasteiger partial charge in [-0.15, -0.1) is 0 Å². The average molecular weight is 1160 g/mol. The van der Waals surface area contributed by atoms with Crippen molar-refractivity contribution >= 4 is 28.4 Å². The SMILES string of the molecule is COc1ccc(N(C(Nc2ccc(OC)c(OC3CCC3)c2)c2cnco2)C(CN(c2cncnc2)c2ccc(OCC(F)(F)F)c(OC)c2)(c2cnco2)C(Nc2ccc(OCC(F)(F)F)c(OC)c2)c2cnco2)cc1OCC1CC1. The van der Waals surface area contributed by atoms with Crippen molar-refractivity contribution in [1.29, 1.82) is 0 Å². The van der Waals surface area contributed by atoms with Crippen molar-refractivity contribution in [1.82, 2.24) is 24.9 Å². The summed E-state index contributed by atoms with van der Waals surface area (Å²) in [6, 6.07) is 18.0. The predicted molar refractivity (Wildman–Crippen MR) is 287 cm³/mol. The first-order valence-corrected chi connectivity index (χ1v) is 26.1. The van der Waals surface area contributed by atoms with E-state index in [0.29, 0.717) is 58.3 Å². The highest BCUT2D eigenvalue weighted by atomic mass is 19.4. The first-order chi connectivity index (χ1) is 40.1. The summed E-state index contributed by atoms with van der Waals surface area (Å²) < 4.78 is 148. The largest absolute Gasteiger partial charge is 0.493 e. The summed E-state index contributed by atoms with van der Waals surface area (Å²) in [5, 5.41) is 7.34. The van der Waals surface area contributed by atoms with Crippen LogP contribution in [0.25, 0.3) is 0 Å². The molecule has 2 fully saturated rings. The van der Waals surface area contributed by atoms with Gasteiger partial charge < -0.3 is 71.6 Å². The summed E-state index contributed by atoms with van der Waals surface area (Å²) in [5.74, 6) is 1.85. The van der Waals surface area contributed by atoms with E-state index in [1.807, 2.05) is 4.90 Å². The lowest BCUT2D eigenvalue weighted by molar-refractivity contribution is -0.154. The van der Waals surface area contributed by atoms with Crippen LogP contribution in [0.3, 0.4) is 0 Å². The fourth-order valence-electron chi connectivity index (χ4n) is 9.52. The maximum Gasteiger partial charge on any atom is 0.422 e. The van der Waals surface area contributed by atoms with Gasteiger partial charge in [-0.1, -0.05) is 0 Å². The van der Waals surface area contributed by atoms with Crippen LogP contribution in [0.15, 0.2) is 143 Å². The van der Waals surface area contributed by atoms with E-state index in [1.165, 1.54) is 114 Å². The molecule has 8 aromatic rings. The molecule has 10 rings (SSSR count). The zero-order valence-corrected chi connectivity index (χ0v) is 45.2. The molecule has 2 saturated carbocycles. The molecule has 0 saturated heterocycles. The zero-order valence-electron chi connectivity index (χ0n) is 45.2. The van der Waals surface area contributed by atoms with Gasteiger partial charge in [0.15, 0.2) is 96.1 Å². The number of hydrogen-bond acceptors (Lipinski definition) is 20. The highest BCUT2D eigenvalue weighted by Crippen LogP contribution is 2.53. The first kappa shape index (κ1) is 57.0. The van der Waals surface area contributed by atoms with E-state index in [-0.39, 0.29) is 58.6 Å². The minimum atomic E-state index is -4.68. The van der Waals surface area contributed by atoms with Gasteiger partial charge in [0, 0.05) is 47.0 Å². The van der Waals surface area contributed by atoms with Gasteiger partial charge in [0.2, 0.25) is 0 Å². The van der Waals surface area contributed by atoms with Crippen LogP contribution in [-0.4, -0.2) is 98.2 Å². The van der Waals surface area contributed by atoms with Gasteiger partial charge in [-0.3, -0.25) is 0 Å². The summed E-state index contributed by atoms with van der Waals surface area (Å²) in [5.41, 5.74) is -0.204. The van der Waals surface area contributed by atoms with Crippen molar-refractivity contribution < 1.29 is 77.5 Å². The first-order valence-electron chi connectivity index (χ1n) is 26.1. The standard InChI is InChI=1S/C57H57F6N9O11/c1-73-42-16-13-39(21-48(42)77-27-35-8-9-35)72(54(51-25-67-33-81-51)70-37-10-14-43(74-2)49(19-37)83-41-6-5-7-41)55(52-26-68-34-82-52,53(50-24-66-32-80-50)69-36-11-15-44(46(18-36)75-3)78-29-56(58,59)60)28-71(40-22-64-31-65-23-40)38-12-17-45(47(20-38)76-4)79-30-57(61,62)63/h10-26,31-35,41,53-54,69-70H,5-9,27-30H2,1-4H3. The quantitative estimate of drug-likeness (QED) is 0.0345. The number of methoxy groups -OCH3 is 4. The van der Waals surface area contributed by atoms with Crippen molar-refractivity contribution in [3.63, 3.8) is 0 Å². The summed E-state index contributed by atoms with van der Waals surface area (Å²) in [6.45, 7) is -3.18. The second-order valence-corrected chi connectivity index (χ2v) is 19.4. The molecule has 0 spiro atoms. The minimum Gasteiger partial charge on any atom is -0.493 e. The molecule has 3 atom stereocenters. The Bertz CT molecular complexity index is 3350. The van der Waals surface area contributed by atoms with Gasteiger partial charge in [0.05, 0.1) is 84.4 Å². The Kier molecular flexibility index (Phi) is 17.1. The zero-order chi connectivity index (χ0) is 58.1. The van der Waals surface area contributed by atoms with Crippen molar-refractivity contribution in [3.8, 4) is 46.0 Å². The summed E-state index contributed by atoms with van der Waals surface area (Å²) in [4.78, 5) is 25.8. The van der Waals surface area contributed by atoms with Crippen molar-refractivity contribution in [2.45, 2.75) is 68.3 Å². The van der Waals surface area contributed by atoms with E-state index in [4.69, 9.17) is 51.1 Å². The van der Waals surface area contributed by atoms with E-state index in [9.17, 15) is 26.3 Å². The molecule has 4 heterocycles. The number of aromatic nitrogens is 5. The molecule has 0 amide bonds. The molecule has 4 aromatic carbocycles. The molecule has 3 unspecified atom stereocenters. The average Bonchev–Trinajstić information content (AvgIpc) is 1.84. The molecular weight excluding hydrogens is 1100 g/mol. The Hall–Kier alpha value is -9.23. The molecule has 2 N–H and O–H groups in total. The Morgan fingerprint density at radius 2 is 1.10 bits per heavy atom. The smallest absolute Gasteiger partial charge is 0.422 e. The molecule has 0 bridgehead atoms. The lowest BCUT2D eigenvalue weighted by Gasteiger charge is -2.52. The molecule has 438 valence electrons. The van der Waals surface area contributed by atoms with Crippen LogP contribution in [0.5, 0.6) is 46.0 Å². The lowest BCUT2D eigenvalue weighted by atomic mass is 9.81. The molecule has 26 heteroatoms. The van der Waals surface area contributed by atoms with Crippen LogP contribution in [0.1, 0.15) is 61.6 Å². The van der Waals surface area contributed by atoms with Crippen LogP contribution in [-0.2, 0) is 5.54 Å². The maximum absolute atomic E-state index is 13.7. The van der Waals surface area contributed by atoms with Gasteiger partial charge in [0.1, 0.15) is 23.7 Å². The monoisotopic (exact) mass is 1160 g/mol. The number of oxazole rings is 3.